The van der Waals surface area contributed by atoms with E-state index in [-0.39, 0.29) is 24.5 Å². The van der Waals surface area contributed by atoms with Crippen molar-refractivity contribution in [2.24, 2.45) is 11.8 Å². The van der Waals surface area contributed by atoms with E-state index in [1.807, 2.05) is 30.3 Å². The number of carbonyl (C=O) groups is 2. The molecule has 174 valence electrons. The summed E-state index contributed by atoms with van der Waals surface area (Å²) >= 11 is 0. The number of carboxylic acid groups (broad SMARTS) is 1. The molecule has 6 nitrogen and oxygen atoms in total. The number of carboxylic acids is 1. The predicted octanol–water partition coefficient (Wildman–Crippen LogP) is 4.69. The van der Waals surface area contributed by atoms with E-state index in [9.17, 15) is 19.1 Å². The van der Waals surface area contributed by atoms with Crippen LogP contribution in [0.4, 0.5) is 14.9 Å². The van der Waals surface area contributed by atoms with E-state index in [0.29, 0.717) is 24.7 Å². The van der Waals surface area contributed by atoms with Crippen LogP contribution in [0.5, 0.6) is 0 Å². The van der Waals surface area contributed by atoms with E-state index in [4.69, 9.17) is 4.74 Å². The molecular weight excluding hydrogens is 423 g/mol. The summed E-state index contributed by atoms with van der Waals surface area (Å²) in [5.74, 6) is -2.10. The third kappa shape index (κ3) is 4.47. The van der Waals surface area contributed by atoms with Crippen LogP contribution in [0.15, 0.2) is 48.5 Å². The van der Waals surface area contributed by atoms with Gasteiger partial charge >= 0.3 is 12.1 Å². The fraction of sp³-hybridized carbons (Fsp3) is 0.462. The van der Waals surface area contributed by atoms with Crippen LogP contribution in [-0.2, 0) is 16.1 Å². The van der Waals surface area contributed by atoms with Gasteiger partial charge in [0.2, 0.25) is 0 Å². The minimum Gasteiger partial charge on any atom is -0.481 e. The number of hydrogen-bond donors (Lipinski definition) is 2. The van der Waals surface area contributed by atoms with Crippen LogP contribution in [0.2, 0.25) is 0 Å². The monoisotopic (exact) mass is 452 g/mol. The number of halogens is 1. The van der Waals surface area contributed by atoms with Gasteiger partial charge in [-0.3, -0.25) is 9.69 Å². The summed E-state index contributed by atoms with van der Waals surface area (Å²) in [5, 5.41) is 13.5. The van der Waals surface area contributed by atoms with Crippen molar-refractivity contribution in [1.82, 2.24) is 5.32 Å². The summed E-state index contributed by atoms with van der Waals surface area (Å²) in [6.07, 6.45) is 3.89. The average molecular weight is 453 g/mol. The zero-order valence-electron chi connectivity index (χ0n) is 18.5. The molecule has 2 aromatic rings. The number of nitrogens with zero attached hydrogens (tertiary/aromatic N) is 1. The molecular formula is C26H29FN2O4. The first-order chi connectivity index (χ1) is 16.0. The van der Waals surface area contributed by atoms with E-state index in [2.05, 4.69) is 5.32 Å². The van der Waals surface area contributed by atoms with Crippen LogP contribution in [0.25, 0.3) is 0 Å². The van der Waals surface area contributed by atoms with Gasteiger partial charge in [-0.25, -0.2) is 9.18 Å². The molecule has 3 aliphatic rings. The summed E-state index contributed by atoms with van der Waals surface area (Å²) in [4.78, 5) is 27.0. The minimum absolute atomic E-state index is 0.0225. The molecule has 2 aliphatic carbocycles. The molecule has 2 aromatic carbocycles. The Balaban J connectivity index is 1.41. The van der Waals surface area contributed by atoms with Crippen molar-refractivity contribution in [3.8, 4) is 0 Å². The first kappa shape index (κ1) is 21.9. The summed E-state index contributed by atoms with van der Waals surface area (Å²) in [7, 11) is 0. The molecule has 2 fully saturated rings. The fourth-order valence-corrected chi connectivity index (χ4v) is 5.39. The average Bonchev–Trinajstić information content (AvgIpc) is 3.61. The normalized spacial score (nSPS) is 24.3. The van der Waals surface area contributed by atoms with Crippen molar-refractivity contribution in [2.45, 2.75) is 56.7 Å². The number of ether oxygens (including phenoxy) is 1. The second-order valence-electron chi connectivity index (χ2n) is 9.41. The Morgan fingerprint density at radius 2 is 1.91 bits per heavy atom. The van der Waals surface area contributed by atoms with Gasteiger partial charge < -0.3 is 15.2 Å². The molecule has 1 aliphatic heterocycles. The van der Waals surface area contributed by atoms with Crippen molar-refractivity contribution < 1.29 is 23.8 Å². The van der Waals surface area contributed by atoms with Gasteiger partial charge in [-0.15, -0.1) is 0 Å². The molecule has 5 rings (SSSR count). The van der Waals surface area contributed by atoms with Crippen molar-refractivity contribution in [3.05, 3.63) is 65.5 Å². The van der Waals surface area contributed by atoms with Gasteiger partial charge in [0.15, 0.2) is 0 Å². The number of benzene rings is 2. The highest BCUT2D eigenvalue weighted by molar-refractivity contribution is 5.91. The topological polar surface area (TPSA) is 78.9 Å². The molecule has 2 N–H and O–H groups in total. The predicted molar refractivity (Wildman–Crippen MR) is 122 cm³/mol. The number of nitrogens with one attached hydrogen (secondary N) is 1. The van der Waals surface area contributed by atoms with Gasteiger partial charge in [-0.2, -0.15) is 0 Å². The minimum atomic E-state index is -0.835. The third-order valence-electron chi connectivity index (χ3n) is 7.31. The van der Waals surface area contributed by atoms with Gasteiger partial charge in [-0.1, -0.05) is 36.4 Å². The maximum Gasteiger partial charge on any atom is 0.414 e. The number of carbonyl (C=O) groups excluding carboxylic acids is 1. The quantitative estimate of drug-likeness (QED) is 0.608. The summed E-state index contributed by atoms with van der Waals surface area (Å²) in [5.41, 5.74) is 2.05. The maximum atomic E-state index is 14.3. The largest absolute Gasteiger partial charge is 0.481 e. The Morgan fingerprint density at radius 3 is 2.58 bits per heavy atom. The maximum absolute atomic E-state index is 14.3. The van der Waals surface area contributed by atoms with Crippen molar-refractivity contribution in [2.75, 3.05) is 11.4 Å². The Kier molecular flexibility index (Phi) is 6.06. The first-order valence-corrected chi connectivity index (χ1v) is 11.8. The highest BCUT2D eigenvalue weighted by Crippen LogP contribution is 2.54. The molecule has 0 bridgehead atoms. The summed E-state index contributed by atoms with van der Waals surface area (Å²) < 4.78 is 19.9. The second kappa shape index (κ2) is 9.14. The van der Waals surface area contributed by atoms with E-state index < -0.39 is 23.8 Å². The molecule has 2 saturated carbocycles. The lowest BCUT2D eigenvalue weighted by Crippen LogP contribution is -2.57. The van der Waals surface area contributed by atoms with Crippen LogP contribution in [-0.4, -0.2) is 35.8 Å². The fourth-order valence-electron chi connectivity index (χ4n) is 5.39. The Morgan fingerprint density at radius 1 is 1.12 bits per heavy atom. The van der Waals surface area contributed by atoms with Crippen molar-refractivity contribution in [1.29, 1.82) is 0 Å². The molecule has 0 saturated heterocycles. The molecule has 0 radical (unpaired) electrons. The molecule has 0 spiro atoms. The molecule has 0 aromatic heterocycles. The standard InChI is InChI=1S/C26H29FN2O4/c27-17-6-9-20-23(14-17)29(26(32)33-15-16-4-2-1-3-5-16)22-11-10-19(22)24(20)21(25(30)31)12-13-28-18-7-8-18/h1-6,9,14,18-19,21-22,24,28H,7-8,10-13,15H2,(H,30,31)/t19-,21?,22+,24?/m0/s1. The molecule has 1 amide bonds. The third-order valence-corrected chi connectivity index (χ3v) is 7.31. The number of aliphatic carboxylic acids is 1. The van der Waals surface area contributed by atoms with E-state index in [0.717, 1.165) is 36.8 Å². The number of anilines is 1. The van der Waals surface area contributed by atoms with Crippen LogP contribution in [0, 0.1) is 17.7 Å². The zero-order chi connectivity index (χ0) is 22.9. The number of rotatable bonds is 8. The lowest BCUT2D eigenvalue weighted by atomic mass is 9.61. The number of fused-ring (bicyclic) bond motifs is 2. The molecule has 33 heavy (non-hydrogen) atoms. The van der Waals surface area contributed by atoms with Gasteiger partial charge in [0, 0.05) is 18.0 Å². The van der Waals surface area contributed by atoms with E-state index in [1.54, 1.807) is 11.0 Å². The summed E-state index contributed by atoms with van der Waals surface area (Å²) in [6, 6.07) is 14.1. The smallest absolute Gasteiger partial charge is 0.414 e. The second-order valence-corrected chi connectivity index (χ2v) is 9.41. The van der Waals surface area contributed by atoms with Crippen molar-refractivity contribution >= 4 is 17.7 Å². The van der Waals surface area contributed by atoms with E-state index >= 15 is 0 Å². The first-order valence-electron chi connectivity index (χ1n) is 11.8. The van der Waals surface area contributed by atoms with Gasteiger partial charge in [0.25, 0.3) is 0 Å². The Bertz CT molecular complexity index is 1030. The highest BCUT2D eigenvalue weighted by atomic mass is 19.1. The van der Waals surface area contributed by atoms with E-state index in [1.165, 1.54) is 12.1 Å². The molecule has 2 unspecified atom stereocenters. The zero-order valence-corrected chi connectivity index (χ0v) is 18.5. The number of hydrogen-bond acceptors (Lipinski definition) is 4. The van der Waals surface area contributed by atoms with Crippen LogP contribution in [0.3, 0.4) is 0 Å². The van der Waals surface area contributed by atoms with Crippen LogP contribution in [0.1, 0.15) is 49.1 Å². The molecule has 7 heteroatoms. The van der Waals surface area contributed by atoms with Gasteiger partial charge in [0.05, 0.1) is 11.6 Å². The lowest BCUT2D eigenvalue weighted by Gasteiger charge is -2.53. The van der Waals surface area contributed by atoms with Crippen molar-refractivity contribution in [3.63, 3.8) is 0 Å². The Hall–Kier alpha value is -2.93. The van der Waals surface area contributed by atoms with Crippen LogP contribution >= 0.6 is 0 Å². The summed E-state index contributed by atoms with van der Waals surface area (Å²) in [6.45, 7) is 0.779. The van der Waals surface area contributed by atoms with Crippen LogP contribution < -0.4 is 10.2 Å². The van der Waals surface area contributed by atoms with Gasteiger partial charge in [0.1, 0.15) is 12.4 Å². The highest BCUT2D eigenvalue weighted by Gasteiger charge is 2.52. The van der Waals surface area contributed by atoms with Gasteiger partial charge in [-0.05, 0) is 67.8 Å². The SMILES string of the molecule is O=C(O)C(CCNC1CC1)C1c2ccc(F)cc2N(C(=O)OCc2ccccc2)[C@@H]2CC[C@H]12. The number of amides is 1. The lowest BCUT2D eigenvalue weighted by molar-refractivity contribution is -0.144. The Labute approximate surface area is 192 Å². The molecule has 4 atom stereocenters. The molecule has 1 heterocycles.